The smallest absolute Gasteiger partial charge is 0.113 e. The molecule has 2 heterocycles. The number of rotatable bonds is 2. The van der Waals surface area contributed by atoms with Crippen LogP contribution in [0.1, 0.15) is 33.2 Å². The molecule has 0 fully saturated rings. The van der Waals surface area contributed by atoms with E-state index >= 15 is 0 Å². The molecule has 1 aromatic carbocycles. The van der Waals surface area contributed by atoms with Crippen LogP contribution in [0.2, 0.25) is 0 Å². The molecule has 0 spiro atoms. The fraction of sp³-hybridized carbons (Fsp3) is 0.286. The Labute approximate surface area is 118 Å². The fourth-order valence-electron chi connectivity index (χ4n) is 2.14. The van der Waals surface area contributed by atoms with Crippen LogP contribution in [-0.2, 0) is 18.0 Å². The predicted molar refractivity (Wildman–Crippen MR) is 75.8 cm³/mol. The standard InChI is InChI=1S/C14H13BrO2S/c1-8-4-12(18-14(8)15)13(16)9-2-3-10-6-17-7-11(10)5-9/h2-5,13,16H,6-7H2,1H3. The van der Waals surface area contributed by atoms with Crippen molar-refractivity contribution in [2.75, 3.05) is 0 Å². The first kappa shape index (κ1) is 12.4. The van der Waals surface area contributed by atoms with Crippen LogP contribution in [0.25, 0.3) is 0 Å². The van der Waals surface area contributed by atoms with Gasteiger partial charge >= 0.3 is 0 Å². The van der Waals surface area contributed by atoms with Crippen molar-refractivity contribution in [1.82, 2.24) is 0 Å². The Morgan fingerprint density at radius 3 is 2.78 bits per heavy atom. The normalized spacial score (nSPS) is 15.7. The molecule has 4 heteroatoms. The van der Waals surface area contributed by atoms with Gasteiger partial charge in [0.1, 0.15) is 6.10 Å². The highest BCUT2D eigenvalue weighted by Crippen LogP contribution is 2.35. The molecule has 1 N–H and O–H groups in total. The zero-order valence-electron chi connectivity index (χ0n) is 9.94. The Bertz CT molecular complexity index is 572. The summed E-state index contributed by atoms with van der Waals surface area (Å²) < 4.78 is 6.48. The van der Waals surface area contributed by atoms with E-state index in [-0.39, 0.29) is 0 Å². The zero-order chi connectivity index (χ0) is 12.7. The molecule has 0 saturated heterocycles. The largest absolute Gasteiger partial charge is 0.383 e. The summed E-state index contributed by atoms with van der Waals surface area (Å²) in [7, 11) is 0. The SMILES string of the molecule is Cc1cc(C(O)c2ccc3c(c2)COC3)sc1Br. The second-order valence-electron chi connectivity index (χ2n) is 4.53. The van der Waals surface area contributed by atoms with Crippen LogP contribution in [0, 0.1) is 6.92 Å². The van der Waals surface area contributed by atoms with Gasteiger partial charge in [0.25, 0.3) is 0 Å². The molecule has 2 aromatic rings. The third kappa shape index (κ3) is 2.14. The minimum atomic E-state index is -0.550. The number of aliphatic hydroxyl groups excluding tert-OH is 1. The molecule has 1 aliphatic heterocycles. The number of aryl methyl sites for hydroxylation is 1. The Morgan fingerprint density at radius 2 is 2.06 bits per heavy atom. The highest BCUT2D eigenvalue weighted by atomic mass is 79.9. The summed E-state index contributed by atoms with van der Waals surface area (Å²) in [6.07, 6.45) is -0.550. The molecule has 18 heavy (non-hydrogen) atoms. The summed E-state index contributed by atoms with van der Waals surface area (Å²) in [5, 5.41) is 10.4. The average Bonchev–Trinajstić information content (AvgIpc) is 2.95. The number of halogens is 1. The molecule has 2 nitrogen and oxygen atoms in total. The predicted octanol–water partition coefficient (Wildman–Crippen LogP) is 3.93. The third-order valence-corrected chi connectivity index (χ3v) is 5.40. The minimum Gasteiger partial charge on any atom is -0.383 e. The summed E-state index contributed by atoms with van der Waals surface area (Å²) >= 11 is 5.08. The first-order valence-corrected chi connectivity index (χ1v) is 7.39. The number of fused-ring (bicyclic) bond motifs is 1. The third-order valence-electron chi connectivity index (χ3n) is 3.21. The lowest BCUT2D eigenvalue weighted by Crippen LogP contribution is -1.98. The van der Waals surface area contributed by atoms with Crippen LogP contribution >= 0.6 is 27.3 Å². The highest BCUT2D eigenvalue weighted by Gasteiger charge is 2.18. The molecule has 3 rings (SSSR count). The lowest BCUT2D eigenvalue weighted by Gasteiger charge is -2.10. The van der Waals surface area contributed by atoms with Gasteiger partial charge in [0.05, 0.1) is 17.0 Å². The van der Waals surface area contributed by atoms with Crippen molar-refractivity contribution in [2.45, 2.75) is 26.2 Å². The first-order chi connectivity index (χ1) is 8.65. The molecular formula is C14H13BrO2S. The maximum Gasteiger partial charge on any atom is 0.113 e. The molecule has 0 amide bonds. The summed E-state index contributed by atoms with van der Waals surface area (Å²) in [6.45, 7) is 3.38. The van der Waals surface area contributed by atoms with E-state index in [0.29, 0.717) is 13.2 Å². The van der Waals surface area contributed by atoms with E-state index in [4.69, 9.17) is 4.74 Å². The molecule has 1 atom stereocenters. The van der Waals surface area contributed by atoms with Gasteiger partial charge in [-0.1, -0.05) is 18.2 Å². The van der Waals surface area contributed by atoms with Crippen molar-refractivity contribution < 1.29 is 9.84 Å². The Kier molecular flexibility index (Phi) is 3.28. The van der Waals surface area contributed by atoms with E-state index in [2.05, 4.69) is 28.1 Å². The molecule has 1 aliphatic rings. The van der Waals surface area contributed by atoms with Crippen LogP contribution in [-0.4, -0.2) is 5.11 Å². The summed E-state index contributed by atoms with van der Waals surface area (Å²) in [6, 6.07) is 8.12. The van der Waals surface area contributed by atoms with Gasteiger partial charge < -0.3 is 9.84 Å². The first-order valence-electron chi connectivity index (χ1n) is 5.78. The maximum absolute atomic E-state index is 10.4. The molecule has 1 unspecified atom stereocenters. The summed E-state index contributed by atoms with van der Waals surface area (Å²) in [4.78, 5) is 0.971. The number of hydrogen-bond acceptors (Lipinski definition) is 3. The molecular weight excluding hydrogens is 312 g/mol. The van der Waals surface area contributed by atoms with Crippen molar-refractivity contribution >= 4 is 27.3 Å². The summed E-state index contributed by atoms with van der Waals surface area (Å²) in [5.74, 6) is 0. The van der Waals surface area contributed by atoms with Crippen molar-refractivity contribution in [2.24, 2.45) is 0 Å². The van der Waals surface area contributed by atoms with Crippen molar-refractivity contribution in [3.63, 3.8) is 0 Å². The van der Waals surface area contributed by atoms with Gasteiger partial charge in [0.15, 0.2) is 0 Å². The fourth-order valence-corrected chi connectivity index (χ4v) is 3.73. The van der Waals surface area contributed by atoms with Crippen LogP contribution in [0.4, 0.5) is 0 Å². The molecule has 0 saturated carbocycles. The number of ether oxygens (including phenoxy) is 1. The monoisotopic (exact) mass is 324 g/mol. The van der Waals surface area contributed by atoms with E-state index < -0.39 is 6.10 Å². The van der Waals surface area contributed by atoms with E-state index in [1.807, 2.05) is 19.1 Å². The number of thiophene rings is 1. The number of benzene rings is 1. The Hall–Kier alpha value is -0.680. The molecule has 0 aliphatic carbocycles. The van der Waals surface area contributed by atoms with Gasteiger partial charge in [-0.3, -0.25) is 0 Å². The van der Waals surface area contributed by atoms with Crippen molar-refractivity contribution in [3.05, 3.63) is 55.2 Å². The lowest BCUT2D eigenvalue weighted by molar-refractivity contribution is 0.134. The Morgan fingerprint density at radius 1 is 1.28 bits per heavy atom. The van der Waals surface area contributed by atoms with Gasteiger partial charge in [-0.2, -0.15) is 0 Å². The van der Waals surface area contributed by atoms with Crippen LogP contribution < -0.4 is 0 Å². The quantitative estimate of drug-likeness (QED) is 0.906. The number of hydrogen-bond donors (Lipinski definition) is 1. The van der Waals surface area contributed by atoms with E-state index in [1.165, 1.54) is 16.7 Å². The zero-order valence-corrected chi connectivity index (χ0v) is 12.3. The van der Waals surface area contributed by atoms with E-state index in [1.54, 1.807) is 11.3 Å². The highest BCUT2D eigenvalue weighted by molar-refractivity contribution is 9.11. The number of aliphatic hydroxyl groups is 1. The second-order valence-corrected chi connectivity index (χ2v) is 6.93. The molecule has 1 aromatic heterocycles. The molecule has 0 bridgehead atoms. The van der Waals surface area contributed by atoms with Gasteiger partial charge in [-0.15, -0.1) is 11.3 Å². The van der Waals surface area contributed by atoms with Gasteiger partial charge in [0.2, 0.25) is 0 Å². The van der Waals surface area contributed by atoms with E-state index in [9.17, 15) is 5.11 Å². The minimum absolute atomic E-state index is 0.550. The van der Waals surface area contributed by atoms with Crippen LogP contribution in [0.5, 0.6) is 0 Å². The van der Waals surface area contributed by atoms with Crippen molar-refractivity contribution in [3.8, 4) is 0 Å². The van der Waals surface area contributed by atoms with Gasteiger partial charge in [-0.25, -0.2) is 0 Å². The van der Waals surface area contributed by atoms with Crippen LogP contribution in [0.15, 0.2) is 28.1 Å². The average molecular weight is 325 g/mol. The Balaban J connectivity index is 1.94. The van der Waals surface area contributed by atoms with Crippen LogP contribution in [0.3, 0.4) is 0 Å². The maximum atomic E-state index is 10.4. The topological polar surface area (TPSA) is 29.5 Å². The van der Waals surface area contributed by atoms with E-state index in [0.717, 1.165) is 14.2 Å². The molecule has 0 radical (unpaired) electrons. The second kappa shape index (κ2) is 4.78. The van der Waals surface area contributed by atoms with Gasteiger partial charge in [0, 0.05) is 4.88 Å². The molecule has 94 valence electrons. The lowest BCUT2D eigenvalue weighted by atomic mass is 10.0. The van der Waals surface area contributed by atoms with Gasteiger partial charge in [-0.05, 0) is 51.2 Å². The summed E-state index contributed by atoms with van der Waals surface area (Å²) in [5.41, 5.74) is 4.53. The van der Waals surface area contributed by atoms with Crippen molar-refractivity contribution in [1.29, 1.82) is 0 Å².